The summed E-state index contributed by atoms with van der Waals surface area (Å²) >= 11 is 0. The van der Waals surface area contributed by atoms with Crippen LogP contribution in [-0.4, -0.2) is 17.6 Å². The third kappa shape index (κ3) is 8.21. The molecule has 0 aliphatic heterocycles. The Bertz CT molecular complexity index is 1180. The summed E-state index contributed by atoms with van der Waals surface area (Å²) in [6, 6.07) is 15.6. The Morgan fingerprint density at radius 1 is 0.838 bits per heavy atom. The van der Waals surface area contributed by atoms with Crippen LogP contribution >= 0.6 is 0 Å². The molecule has 0 radical (unpaired) electrons. The van der Waals surface area contributed by atoms with Gasteiger partial charge in [0.2, 0.25) is 5.91 Å². The van der Waals surface area contributed by atoms with E-state index in [-0.39, 0.29) is 11.5 Å². The molecule has 1 amide bonds. The highest BCUT2D eigenvalue weighted by atomic mass is 16.5. The highest BCUT2D eigenvalue weighted by Gasteiger charge is 2.17. The van der Waals surface area contributed by atoms with Crippen LogP contribution in [0.2, 0.25) is 0 Å². The number of methoxy groups -OCH3 is 1. The van der Waals surface area contributed by atoms with Crippen LogP contribution in [0.4, 0.5) is 0 Å². The standard InChI is InChI=1S/C32H44N2O3/c1-4-5-6-7-8-9-10-11-12-13-17-20-30(35)33-24-29-31(25-18-15-14-16-19-25)28-23-26(37-3)21-22-27(28)32(36)34(29)2/h14-16,18-19,21-23H,4-13,17,20,24H2,1-3H3,(H,33,35). The Labute approximate surface area is 222 Å². The van der Waals surface area contributed by atoms with Gasteiger partial charge in [0.15, 0.2) is 0 Å². The fourth-order valence-corrected chi connectivity index (χ4v) is 5.02. The van der Waals surface area contributed by atoms with E-state index >= 15 is 0 Å². The number of aromatic nitrogens is 1. The maximum atomic E-state index is 13.2. The zero-order valence-electron chi connectivity index (χ0n) is 23.0. The molecular weight excluding hydrogens is 460 g/mol. The first-order chi connectivity index (χ1) is 18.1. The van der Waals surface area contributed by atoms with Crippen molar-refractivity contribution in [2.45, 2.75) is 90.5 Å². The van der Waals surface area contributed by atoms with E-state index in [1.807, 2.05) is 48.5 Å². The number of ether oxygens (including phenoxy) is 1. The van der Waals surface area contributed by atoms with E-state index in [4.69, 9.17) is 4.74 Å². The molecule has 0 bridgehead atoms. The highest BCUT2D eigenvalue weighted by Crippen LogP contribution is 2.32. The van der Waals surface area contributed by atoms with Crippen molar-refractivity contribution in [3.05, 3.63) is 64.6 Å². The molecular formula is C32H44N2O3. The van der Waals surface area contributed by atoms with Gasteiger partial charge in [-0.25, -0.2) is 0 Å². The van der Waals surface area contributed by atoms with Gasteiger partial charge >= 0.3 is 0 Å². The van der Waals surface area contributed by atoms with Gasteiger partial charge in [0.1, 0.15) is 5.75 Å². The molecule has 37 heavy (non-hydrogen) atoms. The minimum absolute atomic E-state index is 0.0353. The minimum Gasteiger partial charge on any atom is -0.497 e. The minimum atomic E-state index is -0.0769. The SMILES string of the molecule is CCCCCCCCCCCCCC(=O)NCc1c(-c2ccccc2)c2cc(OC)ccc2c(=O)n1C. The second-order valence-corrected chi connectivity index (χ2v) is 10.0. The summed E-state index contributed by atoms with van der Waals surface area (Å²) in [5, 5.41) is 4.55. The van der Waals surface area contributed by atoms with Gasteiger partial charge in [-0.15, -0.1) is 0 Å². The molecule has 1 aromatic heterocycles. The molecule has 0 saturated heterocycles. The summed E-state index contributed by atoms with van der Waals surface area (Å²) in [6.07, 6.45) is 14.4. The Morgan fingerprint density at radius 3 is 2.08 bits per heavy atom. The second kappa shape index (κ2) is 15.2. The van der Waals surface area contributed by atoms with Crippen molar-refractivity contribution in [1.29, 1.82) is 0 Å². The molecule has 1 N–H and O–H groups in total. The van der Waals surface area contributed by atoms with Crippen molar-refractivity contribution >= 4 is 16.7 Å². The van der Waals surface area contributed by atoms with E-state index in [1.54, 1.807) is 18.7 Å². The van der Waals surface area contributed by atoms with Crippen LogP contribution in [0.3, 0.4) is 0 Å². The first-order valence-electron chi connectivity index (χ1n) is 14.1. The average Bonchev–Trinajstić information content (AvgIpc) is 2.93. The van der Waals surface area contributed by atoms with Crippen LogP contribution in [0.5, 0.6) is 5.75 Å². The zero-order valence-corrected chi connectivity index (χ0v) is 23.0. The van der Waals surface area contributed by atoms with Gasteiger partial charge in [0.05, 0.1) is 13.7 Å². The van der Waals surface area contributed by atoms with Crippen molar-refractivity contribution < 1.29 is 9.53 Å². The Morgan fingerprint density at radius 2 is 1.46 bits per heavy atom. The maximum Gasteiger partial charge on any atom is 0.258 e. The van der Waals surface area contributed by atoms with Gasteiger partial charge in [-0.1, -0.05) is 101 Å². The van der Waals surface area contributed by atoms with E-state index in [9.17, 15) is 9.59 Å². The summed E-state index contributed by atoms with van der Waals surface area (Å²) in [4.78, 5) is 25.8. The largest absolute Gasteiger partial charge is 0.497 e. The quantitative estimate of drug-likeness (QED) is 0.205. The number of nitrogens with zero attached hydrogens (tertiary/aromatic N) is 1. The van der Waals surface area contributed by atoms with Crippen LogP contribution < -0.4 is 15.6 Å². The molecule has 0 aliphatic carbocycles. The number of hydrogen-bond donors (Lipinski definition) is 1. The smallest absolute Gasteiger partial charge is 0.258 e. The number of benzene rings is 2. The van der Waals surface area contributed by atoms with E-state index in [0.29, 0.717) is 24.1 Å². The molecule has 0 saturated carbocycles. The van der Waals surface area contributed by atoms with Crippen LogP contribution in [0.15, 0.2) is 53.3 Å². The molecule has 0 atom stereocenters. The molecule has 200 valence electrons. The summed E-state index contributed by atoms with van der Waals surface area (Å²) in [7, 11) is 3.41. The van der Waals surface area contributed by atoms with Crippen LogP contribution in [0, 0.1) is 0 Å². The van der Waals surface area contributed by atoms with Crippen molar-refractivity contribution in [2.24, 2.45) is 7.05 Å². The monoisotopic (exact) mass is 504 g/mol. The van der Waals surface area contributed by atoms with Crippen LogP contribution in [0.25, 0.3) is 21.9 Å². The van der Waals surface area contributed by atoms with Crippen molar-refractivity contribution in [1.82, 2.24) is 9.88 Å². The lowest BCUT2D eigenvalue weighted by Gasteiger charge is -2.18. The van der Waals surface area contributed by atoms with Gasteiger partial charge in [0.25, 0.3) is 5.56 Å². The number of carbonyl (C=O) groups is 1. The summed E-state index contributed by atoms with van der Waals surface area (Å²) in [6.45, 7) is 2.56. The number of unbranched alkanes of at least 4 members (excludes halogenated alkanes) is 10. The molecule has 3 aromatic rings. The summed E-state index contributed by atoms with van der Waals surface area (Å²) < 4.78 is 7.11. The number of hydrogen-bond acceptors (Lipinski definition) is 3. The van der Waals surface area contributed by atoms with Crippen LogP contribution in [-0.2, 0) is 18.4 Å². The summed E-state index contributed by atoms with van der Waals surface area (Å²) in [5.41, 5.74) is 2.67. The number of nitrogens with one attached hydrogen (secondary N) is 1. The lowest BCUT2D eigenvalue weighted by atomic mass is 9.96. The Balaban J connectivity index is 1.59. The fraction of sp³-hybridized carbons (Fsp3) is 0.500. The number of pyridine rings is 1. The number of rotatable bonds is 16. The molecule has 1 heterocycles. The van der Waals surface area contributed by atoms with E-state index < -0.39 is 0 Å². The van der Waals surface area contributed by atoms with Crippen molar-refractivity contribution in [3.8, 4) is 16.9 Å². The first-order valence-corrected chi connectivity index (χ1v) is 14.1. The third-order valence-corrected chi connectivity index (χ3v) is 7.25. The third-order valence-electron chi connectivity index (χ3n) is 7.25. The van der Waals surface area contributed by atoms with Gasteiger partial charge in [-0.05, 0) is 30.2 Å². The lowest BCUT2D eigenvalue weighted by molar-refractivity contribution is -0.121. The summed E-state index contributed by atoms with van der Waals surface area (Å²) in [5.74, 6) is 0.734. The Hall–Kier alpha value is -3.08. The molecule has 0 spiro atoms. The van der Waals surface area contributed by atoms with Gasteiger partial charge in [0, 0.05) is 35.5 Å². The average molecular weight is 505 g/mol. The van der Waals surface area contributed by atoms with E-state index in [1.165, 1.54) is 57.8 Å². The van der Waals surface area contributed by atoms with Crippen LogP contribution in [0.1, 0.15) is 89.7 Å². The maximum absolute atomic E-state index is 13.2. The molecule has 0 fully saturated rings. The molecule has 0 aliphatic rings. The molecule has 5 heteroatoms. The van der Waals surface area contributed by atoms with Crippen molar-refractivity contribution in [2.75, 3.05) is 7.11 Å². The molecule has 2 aromatic carbocycles. The van der Waals surface area contributed by atoms with Gasteiger partial charge < -0.3 is 14.6 Å². The van der Waals surface area contributed by atoms with Gasteiger partial charge in [-0.2, -0.15) is 0 Å². The van der Waals surface area contributed by atoms with Crippen molar-refractivity contribution in [3.63, 3.8) is 0 Å². The lowest BCUT2D eigenvalue weighted by Crippen LogP contribution is -2.29. The number of fused-ring (bicyclic) bond motifs is 1. The second-order valence-electron chi connectivity index (χ2n) is 10.0. The normalized spacial score (nSPS) is 11.1. The fourth-order valence-electron chi connectivity index (χ4n) is 5.02. The highest BCUT2D eigenvalue weighted by molar-refractivity contribution is 5.98. The predicted octanol–water partition coefficient (Wildman–Crippen LogP) is 7.53. The first kappa shape index (κ1) is 28.5. The topological polar surface area (TPSA) is 60.3 Å². The number of carbonyl (C=O) groups excluding carboxylic acids is 1. The van der Waals surface area contributed by atoms with E-state index in [0.717, 1.165) is 35.0 Å². The molecule has 3 rings (SSSR count). The number of amides is 1. The zero-order chi connectivity index (χ0) is 26.5. The predicted molar refractivity (Wildman–Crippen MR) is 154 cm³/mol. The Kier molecular flexibility index (Phi) is 11.7. The molecule has 0 unspecified atom stereocenters. The molecule has 5 nitrogen and oxygen atoms in total. The van der Waals surface area contributed by atoms with Gasteiger partial charge in [-0.3, -0.25) is 9.59 Å². The van der Waals surface area contributed by atoms with E-state index in [2.05, 4.69) is 12.2 Å².